The molecule has 0 aliphatic rings. The Morgan fingerprint density at radius 1 is 1.36 bits per heavy atom. The van der Waals surface area contributed by atoms with Gasteiger partial charge in [-0.2, -0.15) is 0 Å². The number of anilines is 1. The molecule has 1 aromatic heterocycles. The Labute approximate surface area is 89.1 Å². The Morgan fingerprint density at radius 2 is 2.00 bits per heavy atom. The maximum atomic E-state index is 5.81. The van der Waals surface area contributed by atoms with E-state index in [0.717, 1.165) is 5.03 Å². The summed E-state index contributed by atoms with van der Waals surface area (Å²) in [5.41, 5.74) is 6.51. The van der Waals surface area contributed by atoms with Crippen molar-refractivity contribution in [1.29, 1.82) is 0 Å². The Bertz CT molecular complexity index is 320. The first-order chi connectivity index (χ1) is 6.42. The number of nitrogens with zero attached hydrogens (tertiary/aromatic N) is 1. The largest absolute Gasteiger partial charge is 0.481 e. The van der Waals surface area contributed by atoms with Gasteiger partial charge in [0.15, 0.2) is 0 Å². The van der Waals surface area contributed by atoms with Crippen LogP contribution in [0, 0.1) is 0 Å². The van der Waals surface area contributed by atoms with Crippen molar-refractivity contribution in [3.8, 4) is 5.88 Å². The van der Waals surface area contributed by atoms with Crippen LogP contribution in [0.5, 0.6) is 5.88 Å². The molecule has 2 N–H and O–H groups in total. The van der Waals surface area contributed by atoms with Crippen LogP contribution < -0.4 is 10.5 Å². The van der Waals surface area contributed by atoms with Crippen molar-refractivity contribution in [3.63, 3.8) is 0 Å². The average Bonchev–Trinajstić information content (AvgIpc) is 2.06. The summed E-state index contributed by atoms with van der Waals surface area (Å²) >= 11 is 1.64. The fourth-order valence-corrected chi connectivity index (χ4v) is 1.82. The van der Waals surface area contributed by atoms with Crippen molar-refractivity contribution in [2.24, 2.45) is 0 Å². The number of nitrogens with two attached hydrogens (primary N) is 1. The second-order valence-electron chi connectivity index (χ2n) is 3.96. The Balaban J connectivity index is 2.95. The van der Waals surface area contributed by atoms with Crippen molar-refractivity contribution >= 4 is 17.4 Å². The van der Waals surface area contributed by atoms with Gasteiger partial charge in [-0.05, 0) is 6.07 Å². The van der Waals surface area contributed by atoms with Gasteiger partial charge in [0.25, 0.3) is 0 Å². The van der Waals surface area contributed by atoms with Gasteiger partial charge < -0.3 is 10.5 Å². The quantitative estimate of drug-likeness (QED) is 0.765. The van der Waals surface area contributed by atoms with E-state index < -0.39 is 0 Å². The van der Waals surface area contributed by atoms with Crippen LogP contribution in [0.4, 0.5) is 5.69 Å². The van der Waals surface area contributed by atoms with Crippen LogP contribution in [0.25, 0.3) is 0 Å². The monoisotopic (exact) mass is 212 g/mol. The number of hydrogen-bond donors (Lipinski definition) is 1. The van der Waals surface area contributed by atoms with Crippen LogP contribution in [-0.4, -0.2) is 16.8 Å². The van der Waals surface area contributed by atoms with Crippen LogP contribution >= 0.6 is 11.8 Å². The van der Waals surface area contributed by atoms with Crippen molar-refractivity contribution < 1.29 is 4.74 Å². The van der Waals surface area contributed by atoms with Gasteiger partial charge in [-0.15, -0.1) is 0 Å². The SMILES string of the molecule is COc1ccc(N)c(SC(C)(C)C)n1. The van der Waals surface area contributed by atoms with Gasteiger partial charge >= 0.3 is 0 Å². The van der Waals surface area contributed by atoms with E-state index in [1.54, 1.807) is 24.9 Å². The highest BCUT2D eigenvalue weighted by Crippen LogP contribution is 2.34. The molecule has 0 radical (unpaired) electrons. The standard InChI is InChI=1S/C10H16N2OS/c1-10(2,3)14-9-7(11)5-6-8(12-9)13-4/h5-6H,11H2,1-4H3. The lowest BCUT2D eigenvalue weighted by molar-refractivity contribution is 0.394. The van der Waals surface area contributed by atoms with Crippen molar-refractivity contribution in [1.82, 2.24) is 4.98 Å². The number of ether oxygens (including phenoxy) is 1. The number of pyridine rings is 1. The summed E-state index contributed by atoms with van der Waals surface area (Å²) in [5, 5.41) is 0.830. The zero-order valence-electron chi connectivity index (χ0n) is 9.00. The molecule has 0 spiro atoms. The first-order valence-electron chi connectivity index (χ1n) is 4.42. The lowest BCUT2D eigenvalue weighted by atomic mass is 10.3. The maximum Gasteiger partial charge on any atom is 0.214 e. The molecule has 14 heavy (non-hydrogen) atoms. The number of aromatic nitrogens is 1. The molecule has 0 aliphatic heterocycles. The lowest BCUT2D eigenvalue weighted by Gasteiger charge is -2.18. The highest BCUT2D eigenvalue weighted by atomic mass is 32.2. The van der Waals surface area contributed by atoms with Crippen LogP contribution in [0.1, 0.15) is 20.8 Å². The summed E-state index contributed by atoms with van der Waals surface area (Å²) in [7, 11) is 1.60. The molecule has 0 saturated heterocycles. The Morgan fingerprint density at radius 3 is 2.50 bits per heavy atom. The van der Waals surface area contributed by atoms with E-state index in [0.29, 0.717) is 11.6 Å². The summed E-state index contributed by atoms with van der Waals surface area (Å²) in [4.78, 5) is 4.29. The molecular weight excluding hydrogens is 196 g/mol. The number of methoxy groups -OCH3 is 1. The molecule has 0 fully saturated rings. The van der Waals surface area contributed by atoms with Crippen molar-refractivity contribution in [2.45, 2.75) is 30.5 Å². The summed E-state index contributed by atoms with van der Waals surface area (Å²) in [6.45, 7) is 6.37. The van der Waals surface area contributed by atoms with Gasteiger partial charge in [0.05, 0.1) is 12.8 Å². The summed E-state index contributed by atoms with van der Waals surface area (Å²) in [6.07, 6.45) is 0. The minimum atomic E-state index is 0.105. The smallest absolute Gasteiger partial charge is 0.214 e. The zero-order valence-corrected chi connectivity index (χ0v) is 9.81. The van der Waals surface area contributed by atoms with Gasteiger partial charge in [0.1, 0.15) is 5.03 Å². The molecule has 1 heterocycles. The first kappa shape index (κ1) is 11.2. The molecule has 0 unspecified atom stereocenters. The number of nitrogen functional groups attached to an aromatic ring is 1. The predicted octanol–water partition coefficient (Wildman–Crippen LogP) is 2.56. The molecule has 0 atom stereocenters. The second kappa shape index (κ2) is 4.09. The minimum Gasteiger partial charge on any atom is -0.481 e. The van der Waals surface area contributed by atoms with Gasteiger partial charge in [0, 0.05) is 10.8 Å². The molecule has 4 heteroatoms. The fourth-order valence-electron chi connectivity index (χ4n) is 0.920. The van der Waals surface area contributed by atoms with Crippen LogP contribution in [0.2, 0.25) is 0 Å². The molecular formula is C10H16N2OS. The first-order valence-corrected chi connectivity index (χ1v) is 5.23. The Hall–Kier alpha value is -0.900. The van der Waals surface area contributed by atoms with Gasteiger partial charge in [-0.3, -0.25) is 0 Å². The molecule has 0 bridgehead atoms. The van der Waals surface area contributed by atoms with Crippen molar-refractivity contribution in [3.05, 3.63) is 12.1 Å². The van der Waals surface area contributed by atoms with E-state index in [-0.39, 0.29) is 4.75 Å². The number of rotatable bonds is 2. The third kappa shape index (κ3) is 3.10. The van der Waals surface area contributed by atoms with Gasteiger partial charge in [0.2, 0.25) is 5.88 Å². The summed E-state index contributed by atoms with van der Waals surface area (Å²) in [6, 6.07) is 3.59. The molecule has 3 nitrogen and oxygen atoms in total. The third-order valence-electron chi connectivity index (χ3n) is 1.48. The van der Waals surface area contributed by atoms with E-state index in [9.17, 15) is 0 Å². The lowest BCUT2D eigenvalue weighted by Crippen LogP contribution is -2.08. The minimum absolute atomic E-state index is 0.105. The molecule has 0 saturated carbocycles. The van der Waals surface area contributed by atoms with Crippen LogP contribution in [-0.2, 0) is 0 Å². The molecule has 0 aromatic carbocycles. The summed E-state index contributed by atoms with van der Waals surface area (Å²) in [5.74, 6) is 0.603. The molecule has 0 aliphatic carbocycles. The van der Waals surface area contributed by atoms with Crippen molar-refractivity contribution in [2.75, 3.05) is 12.8 Å². The number of thioether (sulfide) groups is 1. The second-order valence-corrected chi connectivity index (χ2v) is 5.78. The third-order valence-corrected chi connectivity index (χ3v) is 2.61. The number of hydrogen-bond acceptors (Lipinski definition) is 4. The van der Waals surface area contributed by atoms with E-state index in [4.69, 9.17) is 10.5 Å². The van der Waals surface area contributed by atoms with Gasteiger partial charge in [-0.25, -0.2) is 4.98 Å². The topological polar surface area (TPSA) is 48.1 Å². The Kier molecular flexibility index (Phi) is 3.26. The molecule has 78 valence electrons. The van der Waals surface area contributed by atoms with E-state index in [2.05, 4.69) is 25.8 Å². The summed E-state index contributed by atoms with van der Waals surface area (Å²) < 4.78 is 5.15. The normalized spacial score (nSPS) is 11.4. The maximum absolute atomic E-state index is 5.81. The molecule has 1 aromatic rings. The highest BCUT2D eigenvalue weighted by Gasteiger charge is 2.15. The van der Waals surface area contributed by atoms with E-state index >= 15 is 0 Å². The average molecular weight is 212 g/mol. The van der Waals surface area contributed by atoms with E-state index in [1.165, 1.54) is 0 Å². The van der Waals surface area contributed by atoms with E-state index in [1.807, 2.05) is 6.07 Å². The van der Waals surface area contributed by atoms with Gasteiger partial charge in [-0.1, -0.05) is 32.5 Å². The molecule has 0 amide bonds. The highest BCUT2D eigenvalue weighted by molar-refractivity contribution is 8.00. The predicted molar refractivity (Wildman–Crippen MR) is 60.8 cm³/mol. The van der Waals surface area contributed by atoms with Crippen LogP contribution in [0.15, 0.2) is 17.2 Å². The molecule has 1 rings (SSSR count). The van der Waals surface area contributed by atoms with Crippen LogP contribution in [0.3, 0.4) is 0 Å². The fraction of sp³-hybridized carbons (Fsp3) is 0.500. The zero-order chi connectivity index (χ0) is 10.8.